The largest absolute Gasteiger partial charge is 0.407 e. The molecule has 0 unspecified atom stereocenters. The fourth-order valence-corrected chi connectivity index (χ4v) is 4.06. The van der Waals surface area contributed by atoms with Crippen LogP contribution in [0.2, 0.25) is 10.0 Å². The number of aryl methyl sites for hydroxylation is 2. The summed E-state index contributed by atoms with van der Waals surface area (Å²) < 4.78 is 6.96. The maximum atomic E-state index is 13.1. The third kappa shape index (κ3) is 7.65. The van der Waals surface area contributed by atoms with Crippen LogP contribution in [0, 0.1) is 6.92 Å². The Morgan fingerprint density at radius 2 is 1.61 bits per heavy atom. The number of hydrogen-bond acceptors (Lipinski definition) is 4. The summed E-state index contributed by atoms with van der Waals surface area (Å²) in [6.45, 7) is 3.92. The molecule has 0 aliphatic heterocycles. The quantitative estimate of drug-likeness (QED) is 0.179. The smallest absolute Gasteiger partial charge is 0.312 e. The molecule has 0 aliphatic carbocycles. The summed E-state index contributed by atoms with van der Waals surface area (Å²) in [7, 11) is 1.65. The molecule has 0 N–H and O–H groups in total. The van der Waals surface area contributed by atoms with Crippen molar-refractivity contribution in [2.45, 2.75) is 78.1 Å². The molecule has 0 aliphatic rings. The average Bonchev–Trinajstić information content (AvgIpc) is 2.99. The molecule has 2 rings (SSSR count). The highest BCUT2D eigenvalue weighted by molar-refractivity contribution is 6.37. The monoisotopic (exact) mass is 466 g/mol. The van der Waals surface area contributed by atoms with E-state index in [0.29, 0.717) is 22.7 Å². The zero-order valence-corrected chi connectivity index (χ0v) is 20.2. The van der Waals surface area contributed by atoms with Gasteiger partial charge in [-0.2, -0.15) is 5.10 Å². The van der Waals surface area contributed by atoms with Gasteiger partial charge in [-0.3, -0.25) is 9.59 Å². The summed E-state index contributed by atoms with van der Waals surface area (Å²) in [5, 5.41) is 4.94. The van der Waals surface area contributed by atoms with E-state index in [0.717, 1.165) is 19.3 Å². The summed E-state index contributed by atoms with van der Waals surface area (Å²) >= 11 is 12.1. The molecular formula is C24H32Cl2N2O3. The van der Waals surface area contributed by atoms with Crippen molar-refractivity contribution in [3.8, 4) is 5.88 Å². The number of benzene rings is 1. The highest BCUT2D eigenvalue weighted by Crippen LogP contribution is 2.29. The van der Waals surface area contributed by atoms with Crippen molar-refractivity contribution >= 4 is 35.0 Å². The second-order valence-electron chi connectivity index (χ2n) is 7.89. The van der Waals surface area contributed by atoms with E-state index in [-0.39, 0.29) is 28.2 Å². The number of ketones is 1. The standard InChI is InChI=1S/C24H32Cl2N2O3/c1-4-5-6-7-8-9-10-11-12-13-21(29)31-24-22(17(2)27-28(24)3)23(30)19-15-14-18(25)16-20(19)26/h14-16H,4-13H2,1-3H3. The molecule has 1 aromatic heterocycles. The van der Waals surface area contributed by atoms with Gasteiger partial charge in [-0.05, 0) is 31.5 Å². The lowest BCUT2D eigenvalue weighted by Crippen LogP contribution is -2.13. The molecule has 1 aromatic carbocycles. The van der Waals surface area contributed by atoms with Gasteiger partial charge >= 0.3 is 5.97 Å². The molecule has 0 spiro atoms. The van der Waals surface area contributed by atoms with Gasteiger partial charge in [0.25, 0.3) is 0 Å². The van der Waals surface area contributed by atoms with Crippen LogP contribution in [0.4, 0.5) is 0 Å². The van der Waals surface area contributed by atoms with Crippen LogP contribution >= 0.6 is 23.2 Å². The van der Waals surface area contributed by atoms with Gasteiger partial charge in [0.1, 0.15) is 5.56 Å². The molecule has 0 fully saturated rings. The van der Waals surface area contributed by atoms with Crippen molar-refractivity contribution in [3.63, 3.8) is 0 Å². The Hall–Kier alpha value is -1.85. The number of unbranched alkanes of at least 4 members (excludes halogenated alkanes) is 8. The van der Waals surface area contributed by atoms with Crippen LogP contribution in [0.15, 0.2) is 18.2 Å². The van der Waals surface area contributed by atoms with Gasteiger partial charge in [-0.15, -0.1) is 0 Å². The first-order valence-corrected chi connectivity index (χ1v) is 11.8. The summed E-state index contributed by atoms with van der Waals surface area (Å²) in [4.78, 5) is 25.5. The third-order valence-corrected chi connectivity index (χ3v) is 5.82. The molecular weight excluding hydrogens is 435 g/mol. The molecule has 0 radical (unpaired) electrons. The van der Waals surface area contributed by atoms with Gasteiger partial charge in [-0.25, -0.2) is 4.68 Å². The zero-order chi connectivity index (χ0) is 22.8. The minimum absolute atomic E-state index is 0.148. The number of nitrogens with zero attached hydrogens (tertiary/aromatic N) is 2. The summed E-state index contributed by atoms with van der Waals surface area (Å²) in [5.41, 5.74) is 1.01. The highest BCUT2D eigenvalue weighted by Gasteiger charge is 2.26. The van der Waals surface area contributed by atoms with Crippen molar-refractivity contribution in [2.75, 3.05) is 0 Å². The lowest BCUT2D eigenvalue weighted by atomic mass is 10.0. The lowest BCUT2D eigenvalue weighted by Gasteiger charge is -2.08. The van der Waals surface area contributed by atoms with Crippen LogP contribution < -0.4 is 4.74 Å². The number of aromatic nitrogens is 2. The van der Waals surface area contributed by atoms with Gasteiger partial charge in [0.2, 0.25) is 11.7 Å². The molecule has 1 heterocycles. The highest BCUT2D eigenvalue weighted by atomic mass is 35.5. The molecule has 5 nitrogen and oxygen atoms in total. The van der Waals surface area contributed by atoms with Gasteiger partial charge in [-0.1, -0.05) is 81.5 Å². The van der Waals surface area contributed by atoms with Gasteiger partial charge in [0.05, 0.1) is 10.7 Å². The number of hydrogen-bond donors (Lipinski definition) is 0. The fraction of sp³-hybridized carbons (Fsp3) is 0.542. The first-order chi connectivity index (χ1) is 14.8. The van der Waals surface area contributed by atoms with Crippen molar-refractivity contribution < 1.29 is 14.3 Å². The van der Waals surface area contributed by atoms with Gasteiger partial charge in [0, 0.05) is 24.1 Å². The molecule has 0 saturated carbocycles. The molecule has 170 valence electrons. The number of halogens is 2. The van der Waals surface area contributed by atoms with E-state index in [4.69, 9.17) is 27.9 Å². The van der Waals surface area contributed by atoms with Crippen LogP contribution in [0.5, 0.6) is 5.88 Å². The van der Waals surface area contributed by atoms with E-state index in [1.807, 2.05) is 0 Å². The summed E-state index contributed by atoms with van der Waals surface area (Å²) in [6, 6.07) is 4.67. The molecule has 2 aromatic rings. The molecule has 0 saturated heterocycles. The van der Waals surface area contributed by atoms with Gasteiger partial charge < -0.3 is 4.74 Å². The van der Waals surface area contributed by atoms with Crippen LogP contribution in [0.3, 0.4) is 0 Å². The zero-order valence-electron chi connectivity index (χ0n) is 18.7. The lowest BCUT2D eigenvalue weighted by molar-refractivity contribution is -0.135. The number of ether oxygens (including phenoxy) is 1. The molecule has 7 heteroatoms. The van der Waals surface area contributed by atoms with Crippen molar-refractivity contribution in [1.29, 1.82) is 0 Å². The Labute approximate surface area is 195 Å². The Balaban J connectivity index is 1.91. The van der Waals surface area contributed by atoms with E-state index in [1.54, 1.807) is 26.1 Å². The second-order valence-corrected chi connectivity index (χ2v) is 8.74. The van der Waals surface area contributed by atoms with Crippen molar-refractivity contribution in [3.05, 3.63) is 45.1 Å². The SMILES string of the molecule is CCCCCCCCCCCC(=O)Oc1c(C(=O)c2ccc(Cl)cc2Cl)c(C)nn1C. The predicted octanol–water partition coefficient (Wildman–Crippen LogP) is 7.09. The maximum absolute atomic E-state index is 13.1. The third-order valence-electron chi connectivity index (χ3n) is 5.27. The maximum Gasteiger partial charge on any atom is 0.312 e. The molecule has 0 amide bonds. The second kappa shape index (κ2) is 12.9. The van der Waals surface area contributed by atoms with E-state index in [2.05, 4.69) is 12.0 Å². The average molecular weight is 467 g/mol. The fourth-order valence-electron chi connectivity index (χ4n) is 3.56. The predicted molar refractivity (Wildman–Crippen MR) is 125 cm³/mol. The molecule has 31 heavy (non-hydrogen) atoms. The normalized spacial score (nSPS) is 11.0. The van der Waals surface area contributed by atoms with E-state index in [9.17, 15) is 9.59 Å². The minimum atomic E-state index is -0.359. The van der Waals surface area contributed by atoms with Crippen LogP contribution in [-0.2, 0) is 11.8 Å². The Kier molecular flexibility index (Phi) is 10.6. The van der Waals surface area contributed by atoms with E-state index < -0.39 is 0 Å². The summed E-state index contributed by atoms with van der Waals surface area (Å²) in [5.74, 6) is -0.560. The first kappa shape index (κ1) is 25.4. The Morgan fingerprint density at radius 1 is 1.00 bits per heavy atom. The number of carbonyl (C=O) groups excluding carboxylic acids is 2. The molecule has 0 bridgehead atoms. The van der Waals surface area contributed by atoms with E-state index >= 15 is 0 Å². The number of carbonyl (C=O) groups is 2. The van der Waals surface area contributed by atoms with Crippen LogP contribution in [-0.4, -0.2) is 21.5 Å². The topological polar surface area (TPSA) is 61.2 Å². The molecule has 0 atom stereocenters. The Morgan fingerprint density at radius 3 is 2.23 bits per heavy atom. The Bertz CT molecular complexity index is 893. The summed E-state index contributed by atoms with van der Waals surface area (Å²) in [6.07, 6.45) is 10.9. The van der Waals surface area contributed by atoms with Gasteiger partial charge in [0.15, 0.2) is 0 Å². The van der Waals surface area contributed by atoms with Crippen LogP contribution in [0.1, 0.15) is 92.7 Å². The van der Waals surface area contributed by atoms with Crippen molar-refractivity contribution in [2.24, 2.45) is 7.05 Å². The number of rotatable bonds is 13. The van der Waals surface area contributed by atoms with Crippen LogP contribution in [0.25, 0.3) is 0 Å². The number of esters is 1. The van der Waals surface area contributed by atoms with E-state index in [1.165, 1.54) is 49.3 Å². The van der Waals surface area contributed by atoms with Crippen molar-refractivity contribution in [1.82, 2.24) is 9.78 Å². The first-order valence-electron chi connectivity index (χ1n) is 11.1. The minimum Gasteiger partial charge on any atom is -0.407 e.